The van der Waals surface area contributed by atoms with Gasteiger partial charge in [0.25, 0.3) is 0 Å². The fourth-order valence-corrected chi connectivity index (χ4v) is 4.86. The Hall–Kier alpha value is -3.18. The SMILES string of the molecule is C=C(C)C(=O)OCC(COC(=O)C(=C)CO)Cc1ccc(CCc2ccc(C3CCC(C)CC3)cc2)cc1. The topological polar surface area (TPSA) is 72.8 Å². The number of esters is 2. The van der Waals surface area contributed by atoms with Crippen LogP contribution < -0.4 is 0 Å². The summed E-state index contributed by atoms with van der Waals surface area (Å²) < 4.78 is 10.6. The highest BCUT2D eigenvalue weighted by atomic mass is 16.5. The van der Waals surface area contributed by atoms with Gasteiger partial charge in [-0.1, -0.05) is 81.5 Å². The van der Waals surface area contributed by atoms with Crippen molar-refractivity contribution >= 4 is 11.9 Å². The molecule has 1 fully saturated rings. The van der Waals surface area contributed by atoms with Crippen molar-refractivity contribution in [3.8, 4) is 0 Å². The molecule has 1 N–H and O–H groups in total. The zero-order chi connectivity index (χ0) is 27.5. The standard InChI is InChI=1S/C33H42O5/c1-23(2)32(35)37-21-29(22-38-33(36)25(4)20-34)19-28-11-9-26(10-12-28)7-8-27-13-17-31(18-14-27)30-15-5-24(3)6-16-30/h9-14,17-18,24,29-30,34H,1,4-8,15-16,19-22H2,2-3H3. The molecule has 0 aromatic heterocycles. The number of benzene rings is 2. The molecule has 0 bridgehead atoms. The predicted octanol–water partition coefficient (Wildman–Crippen LogP) is 6.14. The Bertz CT molecular complexity index is 1080. The first kappa shape index (κ1) is 29.4. The van der Waals surface area contributed by atoms with E-state index in [1.54, 1.807) is 6.92 Å². The summed E-state index contributed by atoms with van der Waals surface area (Å²) >= 11 is 0. The quantitative estimate of drug-likeness (QED) is 0.255. The van der Waals surface area contributed by atoms with Crippen molar-refractivity contribution in [1.82, 2.24) is 0 Å². The molecule has 1 unspecified atom stereocenters. The van der Waals surface area contributed by atoms with E-state index < -0.39 is 18.5 Å². The number of aryl methyl sites for hydroxylation is 2. The third-order valence-corrected chi connectivity index (χ3v) is 7.44. The van der Waals surface area contributed by atoms with Crippen LogP contribution in [-0.2, 0) is 38.3 Å². The van der Waals surface area contributed by atoms with Crippen LogP contribution >= 0.6 is 0 Å². The van der Waals surface area contributed by atoms with E-state index in [0.717, 1.165) is 30.2 Å². The van der Waals surface area contributed by atoms with Gasteiger partial charge in [-0.3, -0.25) is 0 Å². The second-order valence-electron chi connectivity index (χ2n) is 10.8. The normalized spacial score (nSPS) is 17.9. The molecule has 0 aliphatic heterocycles. The Morgan fingerprint density at radius 2 is 1.34 bits per heavy atom. The first-order chi connectivity index (χ1) is 18.2. The highest BCUT2D eigenvalue weighted by Gasteiger charge is 2.20. The molecule has 5 heteroatoms. The van der Waals surface area contributed by atoms with E-state index in [-0.39, 0.29) is 24.7 Å². The molecule has 5 nitrogen and oxygen atoms in total. The molecule has 0 amide bonds. The van der Waals surface area contributed by atoms with Crippen LogP contribution in [0.15, 0.2) is 72.8 Å². The molecular weight excluding hydrogens is 476 g/mol. The van der Waals surface area contributed by atoms with E-state index >= 15 is 0 Å². The number of aliphatic hydroxyl groups is 1. The second-order valence-corrected chi connectivity index (χ2v) is 10.8. The van der Waals surface area contributed by atoms with Crippen molar-refractivity contribution in [1.29, 1.82) is 0 Å². The Kier molecular flexibility index (Phi) is 11.3. The van der Waals surface area contributed by atoms with E-state index in [1.807, 2.05) is 0 Å². The number of rotatable bonds is 13. The van der Waals surface area contributed by atoms with Crippen LogP contribution in [0.25, 0.3) is 0 Å². The number of carbonyl (C=O) groups is 2. The molecule has 0 spiro atoms. The maximum absolute atomic E-state index is 11.9. The van der Waals surface area contributed by atoms with Crippen LogP contribution in [0, 0.1) is 11.8 Å². The zero-order valence-corrected chi connectivity index (χ0v) is 22.9. The summed E-state index contributed by atoms with van der Waals surface area (Å²) in [6.45, 7) is 10.7. The molecule has 0 heterocycles. The summed E-state index contributed by atoms with van der Waals surface area (Å²) in [6.07, 6.45) is 7.83. The third kappa shape index (κ3) is 9.29. The largest absolute Gasteiger partial charge is 0.462 e. The fourth-order valence-electron chi connectivity index (χ4n) is 4.86. The molecule has 3 rings (SSSR count). The monoisotopic (exact) mass is 518 g/mol. The first-order valence-corrected chi connectivity index (χ1v) is 13.7. The van der Waals surface area contributed by atoms with Crippen LogP contribution in [0.2, 0.25) is 0 Å². The van der Waals surface area contributed by atoms with Gasteiger partial charge >= 0.3 is 11.9 Å². The zero-order valence-electron chi connectivity index (χ0n) is 22.9. The lowest BCUT2D eigenvalue weighted by Gasteiger charge is -2.26. The van der Waals surface area contributed by atoms with Gasteiger partial charge in [0.2, 0.25) is 0 Å². The fraction of sp³-hybridized carbons (Fsp3) is 0.455. The van der Waals surface area contributed by atoms with Crippen molar-refractivity contribution in [2.45, 2.75) is 64.7 Å². The van der Waals surface area contributed by atoms with E-state index in [0.29, 0.717) is 12.0 Å². The van der Waals surface area contributed by atoms with Crippen molar-refractivity contribution < 1.29 is 24.2 Å². The van der Waals surface area contributed by atoms with E-state index in [4.69, 9.17) is 14.6 Å². The van der Waals surface area contributed by atoms with Crippen molar-refractivity contribution in [3.63, 3.8) is 0 Å². The van der Waals surface area contributed by atoms with Crippen LogP contribution in [0.5, 0.6) is 0 Å². The lowest BCUT2D eigenvalue weighted by atomic mass is 9.79. The van der Waals surface area contributed by atoms with Gasteiger partial charge in [-0.05, 0) is 73.1 Å². The summed E-state index contributed by atoms with van der Waals surface area (Å²) in [5.41, 5.74) is 5.47. The average molecular weight is 519 g/mol. The van der Waals surface area contributed by atoms with Crippen LogP contribution in [0.3, 0.4) is 0 Å². The average Bonchev–Trinajstić information content (AvgIpc) is 2.93. The molecule has 38 heavy (non-hydrogen) atoms. The number of carbonyl (C=O) groups excluding carboxylic acids is 2. The molecule has 2 aromatic carbocycles. The minimum atomic E-state index is -0.652. The maximum Gasteiger partial charge on any atom is 0.335 e. The van der Waals surface area contributed by atoms with Gasteiger partial charge in [-0.25, -0.2) is 9.59 Å². The van der Waals surface area contributed by atoms with Crippen molar-refractivity contribution in [3.05, 3.63) is 95.1 Å². The van der Waals surface area contributed by atoms with Gasteiger partial charge in [-0.2, -0.15) is 0 Å². The number of hydrogen-bond acceptors (Lipinski definition) is 5. The number of ether oxygens (including phenoxy) is 2. The van der Waals surface area contributed by atoms with Gasteiger partial charge in [-0.15, -0.1) is 0 Å². The van der Waals surface area contributed by atoms with Gasteiger partial charge < -0.3 is 14.6 Å². The minimum absolute atomic E-state index is 0.00899. The Labute approximate surface area is 227 Å². The van der Waals surface area contributed by atoms with Gasteiger partial charge in [0.15, 0.2) is 0 Å². The minimum Gasteiger partial charge on any atom is -0.462 e. The molecule has 1 aliphatic carbocycles. The van der Waals surface area contributed by atoms with Gasteiger partial charge in [0.05, 0.1) is 25.4 Å². The summed E-state index contributed by atoms with van der Waals surface area (Å²) in [5.74, 6) is 0.235. The Morgan fingerprint density at radius 1 is 0.842 bits per heavy atom. The van der Waals surface area contributed by atoms with Crippen LogP contribution in [0.1, 0.15) is 67.7 Å². The highest BCUT2D eigenvalue weighted by molar-refractivity contribution is 5.88. The number of aliphatic hydroxyl groups excluding tert-OH is 1. The lowest BCUT2D eigenvalue weighted by Crippen LogP contribution is -2.24. The highest BCUT2D eigenvalue weighted by Crippen LogP contribution is 2.35. The number of hydrogen-bond donors (Lipinski definition) is 1. The first-order valence-electron chi connectivity index (χ1n) is 13.7. The molecular formula is C33H42O5. The van der Waals surface area contributed by atoms with E-state index in [9.17, 15) is 9.59 Å². The van der Waals surface area contributed by atoms with Crippen molar-refractivity contribution in [2.24, 2.45) is 11.8 Å². The Morgan fingerprint density at radius 3 is 1.87 bits per heavy atom. The molecule has 0 radical (unpaired) electrons. The smallest absolute Gasteiger partial charge is 0.335 e. The molecule has 1 atom stereocenters. The molecule has 204 valence electrons. The Balaban J connectivity index is 1.52. The molecule has 1 aliphatic rings. The van der Waals surface area contributed by atoms with Crippen LogP contribution in [-0.4, -0.2) is 36.9 Å². The second kappa shape index (κ2) is 14.7. The van der Waals surface area contributed by atoms with E-state index in [1.165, 1.54) is 42.4 Å². The summed E-state index contributed by atoms with van der Waals surface area (Å²) in [6, 6.07) is 17.6. The third-order valence-electron chi connectivity index (χ3n) is 7.44. The summed E-state index contributed by atoms with van der Waals surface area (Å²) in [7, 11) is 0. The van der Waals surface area contributed by atoms with Crippen molar-refractivity contribution in [2.75, 3.05) is 19.8 Å². The maximum atomic E-state index is 11.9. The lowest BCUT2D eigenvalue weighted by molar-refractivity contribution is -0.144. The predicted molar refractivity (Wildman–Crippen MR) is 151 cm³/mol. The van der Waals surface area contributed by atoms with Gasteiger partial charge in [0.1, 0.15) is 0 Å². The van der Waals surface area contributed by atoms with Gasteiger partial charge in [0, 0.05) is 11.5 Å². The summed E-state index contributed by atoms with van der Waals surface area (Å²) in [4.78, 5) is 23.8. The molecule has 2 aromatic rings. The van der Waals surface area contributed by atoms with Crippen LogP contribution in [0.4, 0.5) is 0 Å². The van der Waals surface area contributed by atoms with E-state index in [2.05, 4.69) is 68.6 Å². The summed E-state index contributed by atoms with van der Waals surface area (Å²) in [5, 5.41) is 9.08. The molecule has 1 saturated carbocycles. The molecule has 0 saturated heterocycles.